The number of rotatable bonds is 2. The van der Waals surface area contributed by atoms with Gasteiger partial charge in [-0.05, 0) is 72.1 Å². The zero-order valence-corrected chi connectivity index (χ0v) is 29.1. The molecule has 6 nitrogen and oxygen atoms in total. The van der Waals surface area contributed by atoms with Crippen molar-refractivity contribution in [3.63, 3.8) is 0 Å². The average Bonchev–Trinajstić information content (AvgIpc) is 3.81. The Labute approximate surface area is 305 Å². The van der Waals surface area contributed by atoms with E-state index in [-0.39, 0.29) is 0 Å². The van der Waals surface area contributed by atoms with Gasteiger partial charge in [0.25, 0.3) is 5.82 Å². The molecule has 0 saturated carbocycles. The number of nitrogens with zero attached hydrogens (tertiary/aromatic N) is 5. The lowest BCUT2D eigenvalue weighted by molar-refractivity contribution is -0.993. The monoisotopic (exact) mass is 681 g/mol. The van der Waals surface area contributed by atoms with Crippen molar-refractivity contribution in [1.29, 1.82) is 0 Å². The smallest absolute Gasteiger partial charge is 0.394 e. The molecule has 3 aromatic heterocycles. The SMILES string of the molecule is Cc1c(-c2ccc(-c3ccccc3)cc2)c(C)[n+]2n1-c1ccc3c4ccccc4n4c3c1C21c2c-4ccc3c2N(c2ccccc2O3)c2cccc[n+]21. The summed E-state index contributed by atoms with van der Waals surface area (Å²) in [5.74, 6) is 2.81. The Morgan fingerprint density at radius 2 is 1.30 bits per heavy atom. The Kier molecular flexibility index (Phi) is 4.87. The maximum atomic E-state index is 6.84. The van der Waals surface area contributed by atoms with Gasteiger partial charge in [-0.15, -0.1) is 4.68 Å². The number of pyridine rings is 1. The molecule has 0 saturated heterocycles. The quantitative estimate of drug-likeness (QED) is 0.170. The molecular weight excluding hydrogens is 651 g/mol. The standard InChI is InChI=1S/C47H31N5O/c1-28-42(32-21-19-31(20-22-32)30-12-4-3-5-13-30)29(2)52-47-43-37(49-35-15-7-6-14-33(35)34-23-24-38(51(28)52)44(47)45(34)49)25-26-40-46(43)50(41-18-10-11-27-48(41)47)36-16-8-9-17-39(36)53-40/h3-27H,1-2H3/q+2. The summed E-state index contributed by atoms with van der Waals surface area (Å²) in [5.41, 5.74) is 16.0. The Morgan fingerprint density at radius 3 is 2.19 bits per heavy atom. The van der Waals surface area contributed by atoms with Crippen molar-refractivity contribution >= 4 is 39.0 Å². The Balaban J connectivity index is 1.21. The van der Waals surface area contributed by atoms with Gasteiger partial charge in [0.2, 0.25) is 5.69 Å². The highest BCUT2D eigenvalue weighted by Gasteiger charge is 2.71. The van der Waals surface area contributed by atoms with Gasteiger partial charge in [-0.1, -0.05) is 95.7 Å². The lowest BCUT2D eigenvalue weighted by Gasteiger charge is -2.39. The van der Waals surface area contributed by atoms with Crippen molar-refractivity contribution in [3.05, 3.63) is 174 Å². The molecule has 0 N–H and O–H groups in total. The zero-order valence-electron chi connectivity index (χ0n) is 29.1. The molecule has 9 aromatic rings. The fraction of sp³-hybridized carbons (Fsp3) is 0.0638. The highest BCUT2D eigenvalue weighted by molar-refractivity contribution is 6.13. The molecule has 0 amide bonds. The molecule has 6 aromatic carbocycles. The van der Waals surface area contributed by atoms with Crippen molar-refractivity contribution in [2.45, 2.75) is 19.5 Å². The van der Waals surface area contributed by atoms with Gasteiger partial charge >= 0.3 is 5.66 Å². The average molecular weight is 682 g/mol. The van der Waals surface area contributed by atoms with E-state index in [1.54, 1.807) is 0 Å². The summed E-state index contributed by atoms with van der Waals surface area (Å²) in [4.78, 5) is 2.42. The van der Waals surface area contributed by atoms with E-state index in [0.29, 0.717) is 0 Å². The number of hydrogen-bond donors (Lipinski definition) is 0. The highest BCUT2D eigenvalue weighted by Crippen LogP contribution is 2.61. The van der Waals surface area contributed by atoms with Crippen LogP contribution in [0.25, 0.3) is 55.4 Å². The van der Waals surface area contributed by atoms with Crippen LogP contribution in [0, 0.1) is 13.8 Å². The van der Waals surface area contributed by atoms with Gasteiger partial charge < -0.3 is 9.30 Å². The van der Waals surface area contributed by atoms with Gasteiger partial charge in [0, 0.05) is 23.8 Å². The maximum Gasteiger partial charge on any atom is 0.394 e. The van der Waals surface area contributed by atoms with Crippen LogP contribution in [0.15, 0.2) is 152 Å². The number of ether oxygens (including phenoxy) is 1. The second-order valence-electron chi connectivity index (χ2n) is 14.6. The van der Waals surface area contributed by atoms with Crippen LogP contribution in [0.5, 0.6) is 11.5 Å². The first kappa shape index (κ1) is 27.8. The third kappa shape index (κ3) is 3.03. The number of aromatic nitrogens is 4. The van der Waals surface area contributed by atoms with Gasteiger partial charge in [-0.3, -0.25) is 0 Å². The Bertz CT molecular complexity index is 3120. The van der Waals surface area contributed by atoms with Crippen LogP contribution in [0.2, 0.25) is 0 Å². The maximum absolute atomic E-state index is 6.84. The fourth-order valence-electron chi connectivity index (χ4n) is 10.3. The molecule has 7 heterocycles. The minimum absolute atomic E-state index is 0.750. The fourth-order valence-corrected chi connectivity index (χ4v) is 10.3. The number of anilines is 3. The van der Waals surface area contributed by atoms with Gasteiger partial charge in [0.1, 0.15) is 11.3 Å². The third-order valence-electron chi connectivity index (χ3n) is 12.2. The van der Waals surface area contributed by atoms with E-state index in [1.807, 2.05) is 0 Å². The molecule has 1 spiro atoms. The second-order valence-corrected chi connectivity index (χ2v) is 14.6. The van der Waals surface area contributed by atoms with E-state index >= 15 is 0 Å². The minimum Gasteiger partial charge on any atom is -0.448 e. The lowest BCUT2D eigenvalue weighted by atomic mass is 9.81. The van der Waals surface area contributed by atoms with Crippen LogP contribution in [0.1, 0.15) is 22.5 Å². The highest BCUT2D eigenvalue weighted by atomic mass is 16.5. The largest absolute Gasteiger partial charge is 0.448 e. The molecule has 0 fully saturated rings. The Morgan fingerprint density at radius 1 is 0.566 bits per heavy atom. The number of benzene rings is 6. The second kappa shape index (κ2) is 9.29. The van der Waals surface area contributed by atoms with Crippen molar-refractivity contribution in [3.8, 4) is 45.1 Å². The van der Waals surface area contributed by atoms with E-state index in [1.165, 1.54) is 77.9 Å². The van der Waals surface area contributed by atoms with E-state index in [9.17, 15) is 0 Å². The molecule has 0 bridgehead atoms. The summed E-state index contributed by atoms with van der Waals surface area (Å²) in [6, 6.07) is 52.8. The Hall–Kier alpha value is -6.92. The topological polar surface area (TPSA) is 30.1 Å². The molecule has 248 valence electrons. The molecule has 4 aliphatic rings. The van der Waals surface area contributed by atoms with Crippen LogP contribution in [-0.4, -0.2) is 9.25 Å². The van der Waals surface area contributed by atoms with Crippen molar-refractivity contribution in [2.24, 2.45) is 0 Å². The first-order valence-corrected chi connectivity index (χ1v) is 18.3. The van der Waals surface area contributed by atoms with Gasteiger partial charge in [0.05, 0.1) is 34.2 Å². The predicted molar refractivity (Wildman–Crippen MR) is 207 cm³/mol. The van der Waals surface area contributed by atoms with Gasteiger partial charge in [0.15, 0.2) is 28.4 Å². The summed E-state index contributed by atoms with van der Waals surface area (Å²) in [6.45, 7) is 4.60. The lowest BCUT2D eigenvalue weighted by Crippen LogP contribution is -2.78. The number of hydrogen-bond acceptors (Lipinski definition) is 2. The van der Waals surface area contributed by atoms with E-state index in [0.717, 1.165) is 28.7 Å². The summed E-state index contributed by atoms with van der Waals surface area (Å²) in [6.07, 6.45) is 2.28. The van der Waals surface area contributed by atoms with Gasteiger partial charge in [-0.25, -0.2) is 0 Å². The molecule has 53 heavy (non-hydrogen) atoms. The zero-order chi connectivity index (χ0) is 34.7. The van der Waals surface area contributed by atoms with Crippen LogP contribution >= 0.6 is 0 Å². The van der Waals surface area contributed by atoms with Crippen LogP contribution < -0.4 is 18.9 Å². The van der Waals surface area contributed by atoms with Crippen LogP contribution in [0.3, 0.4) is 0 Å². The molecule has 13 rings (SSSR count). The summed E-state index contributed by atoms with van der Waals surface area (Å²) in [5, 5.41) is 2.53. The van der Waals surface area contributed by atoms with Crippen molar-refractivity contribution in [1.82, 2.24) is 9.25 Å². The first-order valence-electron chi connectivity index (χ1n) is 18.3. The molecule has 4 aliphatic heterocycles. The van der Waals surface area contributed by atoms with Crippen molar-refractivity contribution in [2.75, 3.05) is 4.90 Å². The molecular formula is C47H31N5O+2. The summed E-state index contributed by atoms with van der Waals surface area (Å²) in [7, 11) is 0. The number of para-hydroxylation sites is 3. The minimum atomic E-state index is -0.750. The van der Waals surface area contributed by atoms with Crippen molar-refractivity contribution < 1.29 is 14.0 Å². The third-order valence-corrected chi connectivity index (χ3v) is 12.2. The summed E-state index contributed by atoms with van der Waals surface area (Å²) < 4.78 is 17.0. The van der Waals surface area contributed by atoms with Crippen LogP contribution in [0.4, 0.5) is 17.2 Å². The molecule has 0 aliphatic carbocycles. The molecule has 1 atom stereocenters. The number of fused-ring (bicyclic) bond motifs is 10. The van der Waals surface area contributed by atoms with E-state index in [2.05, 4.69) is 189 Å². The molecule has 0 radical (unpaired) electrons. The normalized spacial score (nSPS) is 16.3. The van der Waals surface area contributed by atoms with Gasteiger partial charge in [-0.2, -0.15) is 9.47 Å². The first-order chi connectivity index (χ1) is 26.2. The van der Waals surface area contributed by atoms with E-state index in [4.69, 9.17) is 4.74 Å². The predicted octanol–water partition coefficient (Wildman–Crippen LogP) is 9.91. The summed E-state index contributed by atoms with van der Waals surface area (Å²) >= 11 is 0. The van der Waals surface area contributed by atoms with Crippen LogP contribution in [-0.2, 0) is 5.66 Å². The van der Waals surface area contributed by atoms with E-state index < -0.39 is 5.66 Å². The molecule has 6 heteroatoms. The molecule has 1 unspecified atom stereocenters.